The predicted molar refractivity (Wildman–Crippen MR) is 112 cm³/mol. The average molecular weight is 429 g/mol. The quantitative estimate of drug-likeness (QED) is 0.807. The second kappa shape index (κ2) is 8.32. The van der Waals surface area contributed by atoms with Crippen LogP contribution in [0.3, 0.4) is 0 Å². The van der Waals surface area contributed by atoms with Gasteiger partial charge in [-0.05, 0) is 50.3 Å². The molecule has 1 atom stereocenters. The van der Waals surface area contributed by atoms with Gasteiger partial charge in [0.25, 0.3) is 5.91 Å². The third-order valence-electron chi connectivity index (χ3n) is 6.23. The van der Waals surface area contributed by atoms with Gasteiger partial charge < -0.3 is 15.4 Å². The van der Waals surface area contributed by atoms with Gasteiger partial charge in [0.1, 0.15) is 0 Å². The minimum Gasteiger partial charge on any atom is -0.381 e. The first kappa shape index (κ1) is 20.8. The van der Waals surface area contributed by atoms with Crippen molar-refractivity contribution in [3.8, 4) is 0 Å². The van der Waals surface area contributed by atoms with Crippen LogP contribution in [0.2, 0.25) is 5.02 Å². The molecule has 158 valence electrons. The second-order valence-corrected chi connectivity index (χ2v) is 8.39. The molecule has 8 heteroatoms. The first-order valence-electron chi connectivity index (χ1n) is 10.2. The third-order valence-corrected chi connectivity index (χ3v) is 6.48. The highest BCUT2D eigenvalue weighted by Crippen LogP contribution is 2.41. The van der Waals surface area contributed by atoms with Crippen molar-refractivity contribution in [3.63, 3.8) is 0 Å². The molecule has 2 N–H and O–H groups in total. The molecule has 0 bridgehead atoms. The van der Waals surface area contributed by atoms with Crippen LogP contribution >= 0.6 is 11.6 Å². The number of primary amides is 1. The highest BCUT2D eigenvalue weighted by molar-refractivity contribution is 6.30. The number of amides is 2. The fourth-order valence-corrected chi connectivity index (χ4v) is 4.68. The van der Waals surface area contributed by atoms with E-state index in [9.17, 15) is 9.59 Å². The molecular weight excluding hydrogens is 404 g/mol. The van der Waals surface area contributed by atoms with Crippen molar-refractivity contribution in [1.29, 1.82) is 0 Å². The van der Waals surface area contributed by atoms with Crippen LogP contribution in [0.1, 0.15) is 59.2 Å². The number of nitrogens with two attached hydrogens (primary N) is 1. The Morgan fingerprint density at radius 1 is 1.23 bits per heavy atom. The van der Waals surface area contributed by atoms with Crippen LogP contribution in [0.4, 0.5) is 0 Å². The standard InChI is InChI=1S/C22H25ClN4O3/c1-14-17(19(24)28)13-25-20(26-14)18-3-2-10-27(18)21(29)22(8-11-30-12-9-22)15-4-6-16(23)7-5-15/h4-7,13,18H,2-3,8-12H2,1H3,(H2,24,28). The lowest BCUT2D eigenvalue weighted by atomic mass is 9.73. The number of benzene rings is 1. The van der Waals surface area contributed by atoms with Crippen LogP contribution in [0.5, 0.6) is 0 Å². The number of halogens is 1. The maximum atomic E-state index is 14.0. The molecule has 1 aromatic carbocycles. The summed E-state index contributed by atoms with van der Waals surface area (Å²) in [5.41, 5.74) is 6.53. The van der Waals surface area contributed by atoms with Crippen molar-refractivity contribution in [2.24, 2.45) is 5.73 Å². The molecule has 2 aliphatic rings. The van der Waals surface area contributed by atoms with Gasteiger partial charge >= 0.3 is 0 Å². The Labute approximate surface area is 180 Å². The van der Waals surface area contributed by atoms with E-state index in [4.69, 9.17) is 22.1 Å². The lowest BCUT2D eigenvalue weighted by molar-refractivity contribution is -0.142. The van der Waals surface area contributed by atoms with E-state index in [0.717, 1.165) is 18.4 Å². The number of nitrogens with zero attached hydrogens (tertiary/aromatic N) is 3. The van der Waals surface area contributed by atoms with Crippen LogP contribution in [-0.4, -0.2) is 46.4 Å². The van der Waals surface area contributed by atoms with Crippen molar-refractivity contribution >= 4 is 23.4 Å². The Bertz CT molecular complexity index is 957. The van der Waals surface area contributed by atoms with E-state index in [1.165, 1.54) is 6.20 Å². The topological polar surface area (TPSA) is 98.4 Å². The Kier molecular flexibility index (Phi) is 5.75. The first-order chi connectivity index (χ1) is 14.4. The smallest absolute Gasteiger partial charge is 0.252 e. The monoisotopic (exact) mass is 428 g/mol. The van der Waals surface area contributed by atoms with Gasteiger partial charge in [-0.15, -0.1) is 0 Å². The van der Waals surface area contributed by atoms with E-state index >= 15 is 0 Å². The van der Waals surface area contributed by atoms with E-state index in [1.54, 1.807) is 6.92 Å². The number of hydrogen-bond donors (Lipinski definition) is 1. The zero-order valence-electron chi connectivity index (χ0n) is 16.9. The maximum Gasteiger partial charge on any atom is 0.252 e. The van der Waals surface area contributed by atoms with Crippen molar-refractivity contribution in [2.75, 3.05) is 19.8 Å². The fraction of sp³-hybridized carbons (Fsp3) is 0.455. The van der Waals surface area contributed by atoms with Crippen molar-refractivity contribution in [3.05, 3.63) is 58.1 Å². The number of rotatable bonds is 4. The van der Waals surface area contributed by atoms with Crippen molar-refractivity contribution in [1.82, 2.24) is 14.9 Å². The highest BCUT2D eigenvalue weighted by atomic mass is 35.5. The van der Waals surface area contributed by atoms with Gasteiger partial charge in [0.15, 0.2) is 5.82 Å². The third kappa shape index (κ3) is 3.68. The molecule has 2 aromatic rings. The molecule has 2 aliphatic heterocycles. The summed E-state index contributed by atoms with van der Waals surface area (Å²) in [5, 5.41) is 0.644. The zero-order valence-corrected chi connectivity index (χ0v) is 17.7. The number of likely N-dealkylation sites (tertiary alicyclic amines) is 1. The largest absolute Gasteiger partial charge is 0.381 e. The van der Waals surface area contributed by atoms with Gasteiger partial charge in [-0.2, -0.15) is 0 Å². The van der Waals surface area contributed by atoms with Gasteiger partial charge in [-0.3, -0.25) is 9.59 Å². The molecule has 0 spiro atoms. The van der Waals surface area contributed by atoms with Gasteiger partial charge in [0, 0.05) is 31.0 Å². The number of aryl methyl sites for hydroxylation is 1. The van der Waals surface area contributed by atoms with E-state index in [2.05, 4.69) is 9.97 Å². The Morgan fingerprint density at radius 3 is 2.57 bits per heavy atom. The summed E-state index contributed by atoms with van der Waals surface area (Å²) in [7, 11) is 0. The summed E-state index contributed by atoms with van der Waals surface area (Å²) < 4.78 is 5.58. The summed E-state index contributed by atoms with van der Waals surface area (Å²) in [4.78, 5) is 36.3. The number of carbonyl (C=O) groups excluding carboxylic acids is 2. The van der Waals surface area contributed by atoms with Crippen LogP contribution in [0.25, 0.3) is 0 Å². The zero-order chi connectivity index (χ0) is 21.3. The SMILES string of the molecule is Cc1nc(C2CCCN2C(=O)C2(c3ccc(Cl)cc3)CCOCC2)ncc1C(N)=O. The molecule has 4 rings (SSSR count). The van der Waals surface area contributed by atoms with E-state index in [-0.39, 0.29) is 11.9 Å². The Morgan fingerprint density at radius 2 is 1.93 bits per heavy atom. The van der Waals surface area contributed by atoms with E-state index in [0.29, 0.717) is 54.7 Å². The molecular formula is C22H25ClN4O3. The maximum absolute atomic E-state index is 14.0. The Hall–Kier alpha value is -2.51. The summed E-state index contributed by atoms with van der Waals surface area (Å²) >= 11 is 6.09. The van der Waals surface area contributed by atoms with Gasteiger partial charge in [0.05, 0.1) is 22.7 Å². The second-order valence-electron chi connectivity index (χ2n) is 7.95. The molecule has 2 amide bonds. The van der Waals surface area contributed by atoms with Gasteiger partial charge in [-0.25, -0.2) is 9.97 Å². The van der Waals surface area contributed by atoms with Crippen LogP contribution < -0.4 is 5.73 Å². The number of hydrogen-bond acceptors (Lipinski definition) is 5. The van der Waals surface area contributed by atoms with Crippen LogP contribution in [0.15, 0.2) is 30.5 Å². The molecule has 0 aliphatic carbocycles. The van der Waals surface area contributed by atoms with E-state index < -0.39 is 11.3 Å². The predicted octanol–water partition coefficient (Wildman–Crippen LogP) is 2.95. The molecule has 30 heavy (non-hydrogen) atoms. The highest BCUT2D eigenvalue weighted by Gasteiger charge is 2.47. The van der Waals surface area contributed by atoms with E-state index in [1.807, 2.05) is 29.2 Å². The summed E-state index contributed by atoms with van der Waals surface area (Å²) in [6.45, 7) is 3.46. The number of aromatic nitrogens is 2. The number of carbonyl (C=O) groups is 2. The fourth-order valence-electron chi connectivity index (χ4n) is 4.56. The van der Waals surface area contributed by atoms with Crippen molar-refractivity contribution < 1.29 is 14.3 Å². The van der Waals surface area contributed by atoms with Crippen molar-refractivity contribution in [2.45, 2.75) is 44.1 Å². The van der Waals surface area contributed by atoms with Crippen LogP contribution in [-0.2, 0) is 14.9 Å². The lowest BCUT2D eigenvalue weighted by Crippen LogP contribution is -2.49. The summed E-state index contributed by atoms with van der Waals surface area (Å²) in [5.74, 6) is 0.0832. The minimum atomic E-state index is -0.645. The molecule has 2 saturated heterocycles. The number of ether oxygens (including phenoxy) is 1. The summed E-state index contributed by atoms with van der Waals surface area (Å²) in [6.07, 6.45) is 4.37. The van der Waals surface area contributed by atoms with Crippen LogP contribution in [0, 0.1) is 6.92 Å². The molecule has 0 saturated carbocycles. The molecule has 1 unspecified atom stereocenters. The Balaban J connectivity index is 1.68. The van der Waals surface area contributed by atoms with Gasteiger partial charge in [-0.1, -0.05) is 23.7 Å². The minimum absolute atomic E-state index is 0.0795. The first-order valence-corrected chi connectivity index (χ1v) is 10.6. The van der Waals surface area contributed by atoms with Gasteiger partial charge in [0.2, 0.25) is 5.91 Å². The molecule has 1 aromatic heterocycles. The molecule has 3 heterocycles. The molecule has 2 fully saturated rings. The summed E-state index contributed by atoms with van der Waals surface area (Å²) in [6, 6.07) is 7.33. The normalized spacial score (nSPS) is 20.9. The lowest BCUT2D eigenvalue weighted by Gasteiger charge is -2.40. The molecule has 0 radical (unpaired) electrons. The average Bonchev–Trinajstić information content (AvgIpc) is 3.23. The molecule has 7 nitrogen and oxygen atoms in total.